The van der Waals surface area contributed by atoms with Gasteiger partial charge in [0.2, 0.25) is 0 Å². The average molecular weight is 156 g/mol. The van der Waals surface area contributed by atoms with Crippen LogP contribution in [0.4, 0.5) is 5.82 Å². The minimum Gasteiger partial charge on any atom is -0.468 e. The van der Waals surface area contributed by atoms with Gasteiger partial charge in [-0.25, -0.2) is 4.68 Å². The first-order chi connectivity index (χ1) is 5.22. The number of ether oxygens (including phenoxy) is 1. The summed E-state index contributed by atoms with van der Waals surface area (Å²) < 4.78 is 5.70. The first-order valence-electron chi connectivity index (χ1n) is 2.95. The molecule has 0 bridgehead atoms. The van der Waals surface area contributed by atoms with Gasteiger partial charge in [-0.2, -0.15) is 0 Å². The summed E-state index contributed by atoms with van der Waals surface area (Å²) in [4.78, 5) is 10.6. The molecule has 1 heterocycles. The second-order valence-corrected chi connectivity index (χ2v) is 1.92. The normalized spacial score (nSPS) is 9.55. The van der Waals surface area contributed by atoms with Crippen molar-refractivity contribution < 1.29 is 9.53 Å². The van der Waals surface area contributed by atoms with Crippen molar-refractivity contribution in [1.29, 1.82) is 0 Å². The quantitative estimate of drug-likeness (QED) is 0.557. The molecule has 0 aromatic carbocycles. The van der Waals surface area contributed by atoms with E-state index < -0.39 is 0 Å². The summed E-state index contributed by atoms with van der Waals surface area (Å²) in [5.74, 6) is -0.0937. The topological polar surface area (TPSA) is 83.0 Å². The molecule has 0 saturated carbocycles. The Balaban J connectivity index is 2.57. The smallest absolute Gasteiger partial charge is 0.327 e. The van der Waals surface area contributed by atoms with Gasteiger partial charge in [0, 0.05) is 0 Å². The van der Waals surface area contributed by atoms with Crippen molar-refractivity contribution in [2.45, 2.75) is 6.54 Å². The van der Waals surface area contributed by atoms with Crippen LogP contribution in [0.5, 0.6) is 0 Å². The van der Waals surface area contributed by atoms with Gasteiger partial charge in [-0.1, -0.05) is 5.21 Å². The van der Waals surface area contributed by atoms with E-state index in [1.807, 2.05) is 0 Å². The van der Waals surface area contributed by atoms with Gasteiger partial charge in [0.25, 0.3) is 0 Å². The van der Waals surface area contributed by atoms with E-state index in [4.69, 9.17) is 5.73 Å². The molecule has 11 heavy (non-hydrogen) atoms. The summed E-state index contributed by atoms with van der Waals surface area (Å²) in [5.41, 5.74) is 5.25. The number of aromatic nitrogens is 3. The van der Waals surface area contributed by atoms with E-state index in [0.717, 1.165) is 0 Å². The van der Waals surface area contributed by atoms with Gasteiger partial charge in [0.05, 0.1) is 13.3 Å². The molecule has 1 rings (SSSR count). The molecule has 0 atom stereocenters. The van der Waals surface area contributed by atoms with Crippen LogP contribution in [0.2, 0.25) is 0 Å². The third-order valence-corrected chi connectivity index (χ3v) is 1.08. The number of carbonyl (C=O) groups excluding carboxylic acids is 1. The summed E-state index contributed by atoms with van der Waals surface area (Å²) in [7, 11) is 1.31. The number of rotatable bonds is 2. The number of carbonyl (C=O) groups is 1. The third kappa shape index (κ3) is 1.92. The lowest BCUT2D eigenvalue weighted by atomic mass is 10.6. The molecule has 1 aromatic rings. The molecule has 0 unspecified atom stereocenters. The molecule has 0 spiro atoms. The van der Waals surface area contributed by atoms with Crippen LogP contribution in [-0.2, 0) is 16.1 Å². The Labute approximate surface area is 62.9 Å². The van der Waals surface area contributed by atoms with Gasteiger partial charge in [0.15, 0.2) is 5.82 Å². The maximum absolute atomic E-state index is 10.6. The van der Waals surface area contributed by atoms with Crippen LogP contribution < -0.4 is 5.73 Å². The molecule has 0 saturated heterocycles. The molecule has 0 aliphatic carbocycles. The van der Waals surface area contributed by atoms with Gasteiger partial charge in [-0.15, -0.1) is 5.10 Å². The zero-order valence-electron chi connectivity index (χ0n) is 6.02. The van der Waals surface area contributed by atoms with E-state index >= 15 is 0 Å². The first kappa shape index (κ1) is 7.52. The number of esters is 1. The Hall–Kier alpha value is -1.59. The fourth-order valence-corrected chi connectivity index (χ4v) is 0.587. The number of hydrogen-bond donors (Lipinski definition) is 1. The van der Waals surface area contributed by atoms with Crippen LogP contribution in [0.3, 0.4) is 0 Å². The largest absolute Gasteiger partial charge is 0.468 e. The van der Waals surface area contributed by atoms with Crippen molar-refractivity contribution in [3.05, 3.63) is 6.20 Å². The van der Waals surface area contributed by atoms with Crippen molar-refractivity contribution in [2.75, 3.05) is 12.8 Å². The molecule has 1 aromatic heterocycles. The molecule has 6 nitrogen and oxygen atoms in total. The van der Waals surface area contributed by atoms with Crippen LogP contribution >= 0.6 is 0 Å². The van der Waals surface area contributed by atoms with E-state index in [1.54, 1.807) is 0 Å². The monoisotopic (exact) mass is 156 g/mol. The van der Waals surface area contributed by atoms with E-state index in [9.17, 15) is 4.79 Å². The van der Waals surface area contributed by atoms with E-state index in [2.05, 4.69) is 15.0 Å². The Kier molecular flexibility index (Phi) is 2.05. The average Bonchev–Trinajstić information content (AvgIpc) is 2.35. The fourth-order valence-electron chi connectivity index (χ4n) is 0.587. The number of nitrogens with zero attached hydrogens (tertiary/aromatic N) is 3. The number of hydrogen-bond acceptors (Lipinski definition) is 5. The molecule has 0 radical (unpaired) electrons. The van der Waals surface area contributed by atoms with E-state index in [1.165, 1.54) is 18.0 Å². The predicted octanol–water partition coefficient (Wildman–Crippen LogP) is -0.967. The molecule has 60 valence electrons. The van der Waals surface area contributed by atoms with E-state index in [-0.39, 0.29) is 18.3 Å². The lowest BCUT2D eigenvalue weighted by Gasteiger charge is -1.95. The Morgan fingerprint density at radius 3 is 3.09 bits per heavy atom. The number of methoxy groups -OCH3 is 1. The highest BCUT2D eigenvalue weighted by molar-refractivity contribution is 5.68. The van der Waals surface area contributed by atoms with Gasteiger partial charge >= 0.3 is 5.97 Å². The molecule has 0 amide bonds. The minimum atomic E-state index is -0.380. The van der Waals surface area contributed by atoms with Gasteiger partial charge < -0.3 is 10.5 Å². The molecule has 0 fully saturated rings. The van der Waals surface area contributed by atoms with E-state index in [0.29, 0.717) is 0 Å². The molecule has 6 heteroatoms. The van der Waals surface area contributed by atoms with Crippen molar-refractivity contribution in [3.8, 4) is 0 Å². The molecule has 2 N–H and O–H groups in total. The highest BCUT2D eigenvalue weighted by Crippen LogP contribution is 1.92. The summed E-state index contributed by atoms with van der Waals surface area (Å²) in [6.07, 6.45) is 1.46. The van der Waals surface area contributed by atoms with Crippen molar-refractivity contribution in [3.63, 3.8) is 0 Å². The first-order valence-corrected chi connectivity index (χ1v) is 2.95. The van der Waals surface area contributed by atoms with Crippen LogP contribution in [0.15, 0.2) is 6.20 Å². The zero-order chi connectivity index (χ0) is 8.27. The maximum Gasteiger partial charge on any atom is 0.327 e. The lowest BCUT2D eigenvalue weighted by Crippen LogP contribution is -2.11. The second-order valence-electron chi connectivity index (χ2n) is 1.92. The van der Waals surface area contributed by atoms with Crippen LogP contribution in [0, 0.1) is 0 Å². The van der Waals surface area contributed by atoms with Gasteiger partial charge in [-0.05, 0) is 0 Å². The highest BCUT2D eigenvalue weighted by Gasteiger charge is 2.02. The minimum absolute atomic E-state index is 0.0424. The SMILES string of the molecule is COC(=O)Cn1cc(N)nn1. The molecule has 0 aliphatic rings. The number of anilines is 1. The number of nitrogens with two attached hydrogens (primary N) is 1. The summed E-state index contributed by atoms with van der Waals surface area (Å²) >= 11 is 0. The summed E-state index contributed by atoms with van der Waals surface area (Å²) in [5, 5.41) is 7.03. The molecule has 0 aliphatic heterocycles. The Morgan fingerprint density at radius 2 is 2.64 bits per heavy atom. The lowest BCUT2D eigenvalue weighted by molar-refractivity contribution is -0.141. The third-order valence-electron chi connectivity index (χ3n) is 1.08. The van der Waals surface area contributed by atoms with Crippen LogP contribution in [-0.4, -0.2) is 28.1 Å². The Morgan fingerprint density at radius 1 is 1.91 bits per heavy atom. The number of nitrogen functional groups attached to an aromatic ring is 1. The second kappa shape index (κ2) is 3.00. The van der Waals surface area contributed by atoms with Crippen LogP contribution in [0.25, 0.3) is 0 Å². The van der Waals surface area contributed by atoms with Crippen molar-refractivity contribution in [2.24, 2.45) is 0 Å². The zero-order valence-corrected chi connectivity index (χ0v) is 6.02. The van der Waals surface area contributed by atoms with Crippen molar-refractivity contribution in [1.82, 2.24) is 15.0 Å². The van der Waals surface area contributed by atoms with Gasteiger partial charge in [0.1, 0.15) is 6.54 Å². The predicted molar refractivity (Wildman–Crippen MR) is 36.5 cm³/mol. The maximum atomic E-state index is 10.6. The molecular weight excluding hydrogens is 148 g/mol. The van der Waals surface area contributed by atoms with Crippen molar-refractivity contribution >= 4 is 11.8 Å². The fraction of sp³-hybridized carbons (Fsp3) is 0.400. The molecular formula is C5H8N4O2. The van der Waals surface area contributed by atoms with Gasteiger partial charge in [-0.3, -0.25) is 4.79 Å². The summed E-state index contributed by atoms with van der Waals surface area (Å²) in [6.45, 7) is 0.0424. The summed E-state index contributed by atoms with van der Waals surface area (Å²) in [6, 6.07) is 0. The van der Waals surface area contributed by atoms with Crippen LogP contribution in [0.1, 0.15) is 0 Å². The Bertz CT molecular complexity index is 257. The standard InChI is InChI=1S/C5H8N4O2/c1-11-5(10)3-9-2-4(6)7-8-9/h2H,3,6H2,1H3. The highest BCUT2D eigenvalue weighted by atomic mass is 16.5.